The normalized spacial score (nSPS) is 21.9. The molecule has 2 aromatic heterocycles. The van der Waals surface area contributed by atoms with Crippen LogP contribution in [0.2, 0.25) is 0 Å². The minimum atomic E-state index is 0.103. The van der Waals surface area contributed by atoms with Gasteiger partial charge in [-0.05, 0) is 43.7 Å². The summed E-state index contributed by atoms with van der Waals surface area (Å²) >= 11 is 0. The molecule has 0 radical (unpaired) electrons. The first-order valence-corrected chi connectivity index (χ1v) is 9.88. The molecule has 0 aromatic carbocycles. The molecule has 0 N–H and O–H groups in total. The highest BCUT2D eigenvalue weighted by atomic mass is 16.5. The predicted octanol–water partition coefficient (Wildman–Crippen LogP) is 2.96. The van der Waals surface area contributed by atoms with Crippen LogP contribution < -0.4 is 4.74 Å². The molecule has 2 aliphatic heterocycles. The van der Waals surface area contributed by atoms with E-state index in [9.17, 15) is 4.79 Å². The first-order valence-electron chi connectivity index (χ1n) is 9.88. The summed E-state index contributed by atoms with van der Waals surface area (Å²) < 4.78 is 11.5. The molecule has 4 heterocycles. The highest BCUT2D eigenvalue weighted by molar-refractivity contribution is 5.79. The van der Waals surface area contributed by atoms with Crippen LogP contribution in [0.25, 0.3) is 0 Å². The lowest BCUT2D eigenvalue weighted by Crippen LogP contribution is -2.48. The molecular weight excluding hydrogens is 342 g/mol. The van der Waals surface area contributed by atoms with Crippen molar-refractivity contribution < 1.29 is 13.9 Å². The Hall–Kier alpha value is -2.34. The van der Waals surface area contributed by atoms with Gasteiger partial charge >= 0.3 is 0 Å². The zero-order valence-corrected chi connectivity index (χ0v) is 15.6. The monoisotopic (exact) mass is 369 g/mol. The molecular formula is C21H27N3O3. The van der Waals surface area contributed by atoms with Gasteiger partial charge in [0.15, 0.2) is 0 Å². The molecule has 27 heavy (non-hydrogen) atoms. The number of amides is 1. The first kappa shape index (κ1) is 18.0. The van der Waals surface area contributed by atoms with Crippen molar-refractivity contribution in [2.45, 2.75) is 38.3 Å². The maximum absolute atomic E-state index is 13.0. The van der Waals surface area contributed by atoms with Gasteiger partial charge in [-0.2, -0.15) is 0 Å². The molecule has 0 aliphatic carbocycles. The molecule has 6 nitrogen and oxygen atoms in total. The fourth-order valence-corrected chi connectivity index (χ4v) is 4.09. The summed E-state index contributed by atoms with van der Waals surface area (Å²) in [7, 11) is 0. The van der Waals surface area contributed by atoms with Crippen molar-refractivity contribution in [1.82, 2.24) is 14.8 Å². The number of carbonyl (C=O) groups is 1. The van der Waals surface area contributed by atoms with Crippen molar-refractivity contribution in [2.75, 3.05) is 26.2 Å². The van der Waals surface area contributed by atoms with E-state index in [0.29, 0.717) is 5.91 Å². The molecule has 1 atom stereocenters. The number of hydrogen-bond donors (Lipinski definition) is 0. The Balaban J connectivity index is 1.26. The van der Waals surface area contributed by atoms with Crippen molar-refractivity contribution in [3.8, 4) is 5.75 Å². The average Bonchev–Trinajstić information content (AvgIpc) is 3.22. The summed E-state index contributed by atoms with van der Waals surface area (Å²) in [6, 6.07) is 7.68. The second kappa shape index (κ2) is 8.57. The molecule has 0 spiro atoms. The molecule has 4 rings (SSSR count). The Morgan fingerprint density at radius 2 is 1.96 bits per heavy atom. The molecule has 2 fully saturated rings. The smallest absolute Gasteiger partial charge is 0.226 e. The fraction of sp³-hybridized carbons (Fsp3) is 0.524. The van der Waals surface area contributed by atoms with Crippen LogP contribution in [-0.2, 0) is 11.3 Å². The Kier molecular flexibility index (Phi) is 5.72. The number of ether oxygens (including phenoxy) is 1. The zero-order chi connectivity index (χ0) is 18.5. The van der Waals surface area contributed by atoms with Crippen molar-refractivity contribution in [2.24, 2.45) is 5.92 Å². The number of hydrogen-bond acceptors (Lipinski definition) is 5. The van der Waals surface area contributed by atoms with Gasteiger partial charge in [-0.1, -0.05) is 0 Å². The van der Waals surface area contributed by atoms with Gasteiger partial charge in [0.25, 0.3) is 0 Å². The van der Waals surface area contributed by atoms with E-state index in [-0.39, 0.29) is 12.0 Å². The third kappa shape index (κ3) is 4.69. The van der Waals surface area contributed by atoms with E-state index < -0.39 is 0 Å². The van der Waals surface area contributed by atoms with Gasteiger partial charge in [0, 0.05) is 44.9 Å². The van der Waals surface area contributed by atoms with Crippen LogP contribution in [0.5, 0.6) is 5.75 Å². The molecule has 6 heteroatoms. The molecule has 2 aromatic rings. The number of furan rings is 1. The van der Waals surface area contributed by atoms with E-state index in [0.717, 1.165) is 69.9 Å². The summed E-state index contributed by atoms with van der Waals surface area (Å²) in [5.41, 5.74) is 0. The van der Waals surface area contributed by atoms with E-state index >= 15 is 0 Å². The summed E-state index contributed by atoms with van der Waals surface area (Å²) in [4.78, 5) is 21.4. The van der Waals surface area contributed by atoms with Crippen LogP contribution in [-0.4, -0.2) is 53.0 Å². The average molecular weight is 369 g/mol. The van der Waals surface area contributed by atoms with Crippen LogP contribution in [0.1, 0.15) is 31.4 Å². The quantitative estimate of drug-likeness (QED) is 0.811. The van der Waals surface area contributed by atoms with Crippen LogP contribution in [0.15, 0.2) is 47.3 Å². The highest BCUT2D eigenvalue weighted by Gasteiger charge is 2.32. The summed E-state index contributed by atoms with van der Waals surface area (Å²) in [5, 5.41) is 0. The van der Waals surface area contributed by atoms with Gasteiger partial charge in [0.05, 0.1) is 18.7 Å². The first-order chi connectivity index (χ1) is 13.3. The number of aromatic nitrogens is 1. The fourth-order valence-electron chi connectivity index (χ4n) is 4.09. The topological polar surface area (TPSA) is 58.8 Å². The number of carbonyl (C=O) groups excluding carboxylic acids is 1. The van der Waals surface area contributed by atoms with E-state index in [4.69, 9.17) is 9.15 Å². The summed E-state index contributed by atoms with van der Waals surface area (Å²) in [5.74, 6) is 2.24. The van der Waals surface area contributed by atoms with Crippen molar-refractivity contribution >= 4 is 5.91 Å². The number of pyridine rings is 1. The zero-order valence-electron chi connectivity index (χ0n) is 15.6. The van der Waals surface area contributed by atoms with Gasteiger partial charge in [-0.3, -0.25) is 14.7 Å². The minimum absolute atomic E-state index is 0.103. The Morgan fingerprint density at radius 3 is 2.70 bits per heavy atom. The summed E-state index contributed by atoms with van der Waals surface area (Å²) in [6.07, 6.45) is 9.20. The minimum Gasteiger partial charge on any atom is -0.490 e. The van der Waals surface area contributed by atoms with Gasteiger partial charge in [0.1, 0.15) is 17.6 Å². The number of rotatable bonds is 5. The van der Waals surface area contributed by atoms with Crippen molar-refractivity contribution in [3.63, 3.8) is 0 Å². The van der Waals surface area contributed by atoms with Crippen molar-refractivity contribution in [1.29, 1.82) is 0 Å². The third-order valence-electron chi connectivity index (χ3n) is 5.52. The van der Waals surface area contributed by atoms with E-state index in [1.807, 2.05) is 29.2 Å². The van der Waals surface area contributed by atoms with Crippen LogP contribution in [0, 0.1) is 5.92 Å². The Bertz CT molecular complexity index is 712. The SMILES string of the molecule is O=C(C1CCCN(Cc2ccco2)C1)N1CCC(Oc2ccncc2)CC1. The third-order valence-corrected chi connectivity index (χ3v) is 5.52. The largest absolute Gasteiger partial charge is 0.490 e. The molecule has 1 amide bonds. The van der Waals surface area contributed by atoms with Crippen LogP contribution in [0.3, 0.4) is 0 Å². The van der Waals surface area contributed by atoms with Crippen LogP contribution in [0.4, 0.5) is 0 Å². The number of likely N-dealkylation sites (tertiary alicyclic amines) is 2. The molecule has 1 unspecified atom stereocenters. The molecule has 2 aliphatic rings. The van der Waals surface area contributed by atoms with Gasteiger partial charge in [0.2, 0.25) is 5.91 Å². The van der Waals surface area contributed by atoms with Gasteiger partial charge < -0.3 is 14.1 Å². The summed E-state index contributed by atoms with van der Waals surface area (Å²) in [6.45, 7) is 4.21. The maximum atomic E-state index is 13.0. The lowest BCUT2D eigenvalue weighted by molar-refractivity contribution is -0.139. The Labute approximate surface area is 160 Å². The van der Waals surface area contributed by atoms with E-state index in [2.05, 4.69) is 9.88 Å². The molecule has 2 saturated heterocycles. The lowest BCUT2D eigenvalue weighted by Gasteiger charge is -2.37. The predicted molar refractivity (Wildman–Crippen MR) is 101 cm³/mol. The molecule has 144 valence electrons. The highest BCUT2D eigenvalue weighted by Crippen LogP contribution is 2.24. The number of piperidine rings is 2. The maximum Gasteiger partial charge on any atom is 0.226 e. The van der Waals surface area contributed by atoms with Gasteiger partial charge in [-0.15, -0.1) is 0 Å². The lowest BCUT2D eigenvalue weighted by atomic mass is 9.95. The molecule has 0 saturated carbocycles. The van der Waals surface area contributed by atoms with Gasteiger partial charge in [-0.25, -0.2) is 0 Å². The standard InChI is InChI=1S/C21H27N3O3/c25-21(17-3-1-11-23(15-17)16-20-4-2-14-26-20)24-12-7-19(8-13-24)27-18-5-9-22-10-6-18/h2,4-6,9-10,14,17,19H,1,3,7-8,11-13,15-16H2. The molecule has 0 bridgehead atoms. The second-order valence-corrected chi connectivity index (χ2v) is 7.48. The Morgan fingerprint density at radius 1 is 1.15 bits per heavy atom. The van der Waals surface area contributed by atoms with E-state index in [1.165, 1.54) is 0 Å². The second-order valence-electron chi connectivity index (χ2n) is 7.48. The van der Waals surface area contributed by atoms with Crippen LogP contribution >= 0.6 is 0 Å². The number of nitrogens with zero attached hydrogens (tertiary/aromatic N) is 3. The van der Waals surface area contributed by atoms with Crippen molar-refractivity contribution in [3.05, 3.63) is 48.7 Å². The van der Waals surface area contributed by atoms with E-state index in [1.54, 1.807) is 18.7 Å².